The van der Waals surface area contributed by atoms with E-state index in [0.29, 0.717) is 10.8 Å². The molecule has 0 radical (unpaired) electrons. The number of esters is 1. The molecule has 4 aromatic carbocycles. The number of hydrogen-bond donors (Lipinski definition) is 0. The summed E-state index contributed by atoms with van der Waals surface area (Å²) >= 11 is 0. The van der Waals surface area contributed by atoms with Crippen molar-refractivity contribution >= 4 is 27.8 Å². The number of pyridine rings is 1. The average Bonchev–Trinajstić information content (AvgIpc) is 2.86. The smallest absolute Gasteiger partial charge is 0.326 e. The predicted octanol–water partition coefficient (Wildman–Crippen LogP) is 5.57. The number of aromatic nitrogens is 1. The maximum Gasteiger partial charge on any atom is 0.326 e. The Balaban J connectivity index is 1.36. The van der Waals surface area contributed by atoms with Gasteiger partial charge in [-0.05, 0) is 41.0 Å². The molecule has 0 aliphatic heterocycles. The van der Waals surface area contributed by atoms with Gasteiger partial charge >= 0.3 is 5.97 Å². The second-order valence-corrected chi connectivity index (χ2v) is 7.67. The van der Waals surface area contributed by atoms with Crippen molar-refractivity contribution in [3.05, 3.63) is 119 Å². The van der Waals surface area contributed by atoms with Crippen LogP contribution in [0.5, 0.6) is 0 Å². The number of hydrogen-bond acceptors (Lipinski definition) is 3. The first-order chi connectivity index (χ1) is 15.7. The third-order valence-electron chi connectivity index (χ3n) is 5.63. The van der Waals surface area contributed by atoms with E-state index in [2.05, 4.69) is 12.1 Å². The minimum absolute atomic E-state index is 0.0284. The van der Waals surface area contributed by atoms with Crippen molar-refractivity contribution in [3.63, 3.8) is 0 Å². The third kappa shape index (κ3) is 3.79. The van der Waals surface area contributed by atoms with Gasteiger partial charge in [-0.2, -0.15) is 0 Å². The van der Waals surface area contributed by atoms with E-state index >= 15 is 0 Å². The number of benzene rings is 4. The normalized spacial score (nSPS) is 11.0. The maximum atomic E-state index is 12.8. The van der Waals surface area contributed by atoms with Crippen molar-refractivity contribution < 1.29 is 9.53 Å². The first-order valence-electron chi connectivity index (χ1n) is 10.5. The molecule has 0 atom stereocenters. The fourth-order valence-electron chi connectivity index (χ4n) is 4.01. The highest BCUT2D eigenvalue weighted by molar-refractivity contribution is 5.94. The summed E-state index contributed by atoms with van der Waals surface area (Å²) < 4.78 is 7.42. The average molecular weight is 419 g/mol. The Morgan fingerprint density at radius 3 is 1.81 bits per heavy atom. The summed E-state index contributed by atoms with van der Waals surface area (Å²) in [4.78, 5) is 25.6. The highest BCUT2D eigenvalue weighted by Gasteiger charge is 2.13. The summed E-state index contributed by atoms with van der Waals surface area (Å²) in [6.45, 7) is 0.230. The Morgan fingerprint density at radius 1 is 0.656 bits per heavy atom. The number of carbonyl (C=O) groups excluding carboxylic acids is 1. The van der Waals surface area contributed by atoms with E-state index in [9.17, 15) is 9.59 Å². The summed E-state index contributed by atoms with van der Waals surface area (Å²) in [6, 6.07) is 32.8. The second-order valence-electron chi connectivity index (χ2n) is 7.67. The van der Waals surface area contributed by atoms with E-state index in [0.717, 1.165) is 27.7 Å². The van der Waals surface area contributed by atoms with E-state index in [1.807, 2.05) is 83.4 Å². The van der Waals surface area contributed by atoms with Crippen LogP contribution in [0, 0.1) is 0 Å². The molecule has 5 rings (SSSR count). The van der Waals surface area contributed by atoms with Crippen molar-refractivity contribution in [1.82, 2.24) is 4.57 Å². The minimum Gasteiger partial charge on any atom is -0.459 e. The van der Waals surface area contributed by atoms with Gasteiger partial charge in [-0.3, -0.25) is 9.59 Å². The van der Waals surface area contributed by atoms with E-state index in [4.69, 9.17) is 4.74 Å². The van der Waals surface area contributed by atoms with Gasteiger partial charge in [0.15, 0.2) is 5.43 Å². The molecule has 4 heteroatoms. The molecule has 0 amide bonds. The van der Waals surface area contributed by atoms with Crippen molar-refractivity contribution in [3.8, 4) is 11.1 Å². The number of fused-ring (bicyclic) bond motifs is 2. The predicted molar refractivity (Wildman–Crippen MR) is 127 cm³/mol. The number of para-hydroxylation sites is 2. The van der Waals surface area contributed by atoms with Crippen molar-refractivity contribution in [2.75, 3.05) is 0 Å². The van der Waals surface area contributed by atoms with Crippen LogP contribution in [0.2, 0.25) is 0 Å². The second kappa shape index (κ2) is 8.52. The number of ether oxygens (including phenoxy) is 1. The molecule has 0 aliphatic carbocycles. The van der Waals surface area contributed by atoms with Crippen LogP contribution < -0.4 is 5.43 Å². The molecule has 4 nitrogen and oxygen atoms in total. The van der Waals surface area contributed by atoms with Gasteiger partial charge in [0, 0.05) is 10.8 Å². The molecule has 1 aromatic heterocycles. The summed E-state index contributed by atoms with van der Waals surface area (Å²) in [5, 5.41) is 1.19. The van der Waals surface area contributed by atoms with Gasteiger partial charge in [-0.25, -0.2) is 0 Å². The van der Waals surface area contributed by atoms with Crippen LogP contribution in [0.25, 0.3) is 32.9 Å². The molecular formula is C28H21NO3. The quantitative estimate of drug-likeness (QED) is 0.277. The lowest BCUT2D eigenvalue weighted by atomic mass is 10.0. The Kier molecular flexibility index (Phi) is 5.26. The summed E-state index contributed by atoms with van der Waals surface area (Å²) in [5.74, 6) is -0.351. The minimum atomic E-state index is -0.351. The van der Waals surface area contributed by atoms with E-state index in [1.165, 1.54) is 0 Å². The molecule has 0 bridgehead atoms. The Bertz CT molecular complexity index is 1410. The monoisotopic (exact) mass is 419 g/mol. The molecule has 5 aromatic rings. The molecular weight excluding hydrogens is 398 g/mol. The summed E-state index contributed by atoms with van der Waals surface area (Å²) in [5.41, 5.74) is 4.60. The molecule has 0 N–H and O–H groups in total. The van der Waals surface area contributed by atoms with E-state index in [1.54, 1.807) is 12.1 Å². The van der Waals surface area contributed by atoms with Crippen LogP contribution in [-0.4, -0.2) is 10.5 Å². The van der Waals surface area contributed by atoms with Crippen LogP contribution in [0.1, 0.15) is 5.56 Å². The highest BCUT2D eigenvalue weighted by Crippen LogP contribution is 2.21. The van der Waals surface area contributed by atoms with Gasteiger partial charge in [0.25, 0.3) is 0 Å². The molecule has 0 spiro atoms. The Hall–Kier alpha value is -4.18. The van der Waals surface area contributed by atoms with Gasteiger partial charge < -0.3 is 9.30 Å². The van der Waals surface area contributed by atoms with E-state index in [-0.39, 0.29) is 24.5 Å². The standard InChI is InChI=1S/C28H21NO3/c30-27(32-19-20-14-16-22(17-15-20)21-8-2-1-3-9-21)18-29-25-12-6-4-10-23(25)28(31)24-11-5-7-13-26(24)29/h1-17H,18-19H2. The molecule has 156 valence electrons. The summed E-state index contributed by atoms with van der Waals surface area (Å²) in [6.07, 6.45) is 0. The fraction of sp³-hybridized carbons (Fsp3) is 0.0714. The molecule has 0 saturated heterocycles. The SMILES string of the molecule is O=C(Cn1c2ccccc2c(=O)c2ccccc21)OCc1ccc(-c2ccccc2)cc1. The van der Waals surface area contributed by atoms with Crippen LogP contribution in [0.3, 0.4) is 0 Å². The lowest BCUT2D eigenvalue weighted by Gasteiger charge is -2.14. The molecule has 0 unspecified atom stereocenters. The molecule has 0 saturated carbocycles. The topological polar surface area (TPSA) is 48.3 Å². The van der Waals surface area contributed by atoms with Crippen molar-refractivity contribution in [2.45, 2.75) is 13.2 Å². The number of carbonyl (C=O) groups is 1. The fourth-order valence-corrected chi connectivity index (χ4v) is 4.01. The van der Waals surface area contributed by atoms with Crippen molar-refractivity contribution in [2.24, 2.45) is 0 Å². The zero-order valence-electron chi connectivity index (χ0n) is 17.4. The Labute approximate surface area is 185 Å². The molecule has 0 aliphatic rings. The zero-order valence-corrected chi connectivity index (χ0v) is 17.4. The van der Waals surface area contributed by atoms with Gasteiger partial charge in [-0.1, -0.05) is 78.9 Å². The largest absolute Gasteiger partial charge is 0.459 e. The van der Waals surface area contributed by atoms with Crippen LogP contribution in [0.4, 0.5) is 0 Å². The first kappa shape index (κ1) is 19.8. The molecule has 32 heavy (non-hydrogen) atoms. The van der Waals surface area contributed by atoms with Crippen molar-refractivity contribution in [1.29, 1.82) is 0 Å². The number of rotatable bonds is 5. The molecule has 1 heterocycles. The van der Waals surface area contributed by atoms with Crippen LogP contribution in [-0.2, 0) is 22.7 Å². The van der Waals surface area contributed by atoms with E-state index < -0.39 is 0 Å². The van der Waals surface area contributed by atoms with Gasteiger partial charge in [0.1, 0.15) is 13.2 Å². The van der Waals surface area contributed by atoms with Crippen LogP contribution >= 0.6 is 0 Å². The van der Waals surface area contributed by atoms with Gasteiger partial charge in [-0.15, -0.1) is 0 Å². The van der Waals surface area contributed by atoms with Gasteiger partial charge in [0.05, 0.1) is 11.0 Å². The number of nitrogens with zero attached hydrogens (tertiary/aromatic N) is 1. The Morgan fingerprint density at radius 2 is 1.19 bits per heavy atom. The van der Waals surface area contributed by atoms with Gasteiger partial charge in [0.2, 0.25) is 0 Å². The first-order valence-corrected chi connectivity index (χ1v) is 10.5. The summed E-state index contributed by atoms with van der Waals surface area (Å²) in [7, 11) is 0. The maximum absolute atomic E-state index is 12.8. The highest BCUT2D eigenvalue weighted by atomic mass is 16.5. The third-order valence-corrected chi connectivity index (χ3v) is 5.63. The molecule has 0 fully saturated rings. The lowest BCUT2D eigenvalue weighted by Crippen LogP contribution is -2.18. The van der Waals surface area contributed by atoms with Crippen LogP contribution in [0.15, 0.2) is 108 Å². The lowest BCUT2D eigenvalue weighted by molar-refractivity contribution is -0.145. The zero-order chi connectivity index (χ0) is 21.9.